The van der Waals surface area contributed by atoms with Crippen molar-refractivity contribution in [2.75, 3.05) is 18.6 Å². The van der Waals surface area contributed by atoms with Crippen LogP contribution in [0.3, 0.4) is 0 Å². The van der Waals surface area contributed by atoms with Crippen LogP contribution in [0.25, 0.3) is 32.1 Å². The molecule has 0 bridgehead atoms. The molecule has 0 fully saturated rings. The number of Topliss-reactive ketones (excluding diaryl/α,β-unsaturated/α-hetero) is 1. The summed E-state index contributed by atoms with van der Waals surface area (Å²) in [5, 5.41) is 9.60. The molecule has 0 N–H and O–H groups in total. The number of ketones is 1. The van der Waals surface area contributed by atoms with Crippen molar-refractivity contribution in [1.82, 2.24) is 9.97 Å². The highest BCUT2D eigenvalue weighted by Gasteiger charge is 2.39. The molecule has 0 aliphatic carbocycles. The van der Waals surface area contributed by atoms with E-state index in [1.54, 1.807) is 7.05 Å². The molecule has 4 atom stereocenters. The first-order valence-electron chi connectivity index (χ1n) is 19.8. The maximum Gasteiger partial charge on any atom is 0.417 e. The summed E-state index contributed by atoms with van der Waals surface area (Å²) in [5.41, 5.74) is -2.62. The van der Waals surface area contributed by atoms with Crippen molar-refractivity contribution in [2.45, 2.75) is 132 Å². The van der Waals surface area contributed by atoms with Gasteiger partial charge in [0.25, 0.3) is 0 Å². The Balaban J connectivity index is 0.00000182. The molecule has 4 rings (SSSR count). The summed E-state index contributed by atoms with van der Waals surface area (Å²) in [4.78, 5) is 20.8. The van der Waals surface area contributed by atoms with E-state index in [-0.39, 0.29) is 80.1 Å². The van der Waals surface area contributed by atoms with Crippen molar-refractivity contribution < 1.29 is 31.5 Å². The molecular formula is C45H60BF5N4O2S. The van der Waals surface area contributed by atoms with Gasteiger partial charge < -0.3 is 14.4 Å². The Bertz CT molecular complexity index is 2050. The molecule has 316 valence electrons. The van der Waals surface area contributed by atoms with Gasteiger partial charge in [-0.25, -0.2) is 8.78 Å². The van der Waals surface area contributed by atoms with Gasteiger partial charge in [0.1, 0.15) is 29.0 Å². The summed E-state index contributed by atoms with van der Waals surface area (Å²) in [7, 11) is 7.98. The van der Waals surface area contributed by atoms with E-state index in [1.807, 2.05) is 53.4 Å². The van der Waals surface area contributed by atoms with Gasteiger partial charge in [0.05, 0.1) is 30.3 Å². The van der Waals surface area contributed by atoms with Crippen LogP contribution < -0.4 is 9.64 Å². The maximum absolute atomic E-state index is 17.3. The zero-order valence-corrected chi connectivity index (χ0v) is 37.1. The Morgan fingerprint density at radius 3 is 2.12 bits per heavy atom. The van der Waals surface area contributed by atoms with E-state index >= 15 is 22.0 Å². The number of aromatic nitrogens is 2. The largest absolute Gasteiger partial charge is 0.463 e. The second kappa shape index (κ2) is 21.3. The van der Waals surface area contributed by atoms with Crippen LogP contribution in [0.4, 0.5) is 27.8 Å². The first-order chi connectivity index (χ1) is 27.0. The van der Waals surface area contributed by atoms with Gasteiger partial charge in [-0.2, -0.15) is 28.4 Å². The predicted octanol–water partition coefficient (Wildman–Crippen LogP) is 13.7. The summed E-state index contributed by atoms with van der Waals surface area (Å²) >= 11 is 1.01. The fraction of sp³-hybridized carbons (Fsp3) is 0.556. The smallest absolute Gasteiger partial charge is 0.417 e. The van der Waals surface area contributed by atoms with Crippen molar-refractivity contribution >= 4 is 51.8 Å². The number of fused-ring (bicyclic) bond motifs is 2. The molecule has 0 aliphatic heterocycles. The van der Waals surface area contributed by atoms with Crippen molar-refractivity contribution in [3.63, 3.8) is 0 Å². The Morgan fingerprint density at radius 2 is 1.62 bits per heavy atom. The minimum atomic E-state index is -5.03. The van der Waals surface area contributed by atoms with Crippen LogP contribution in [0.5, 0.6) is 6.01 Å². The van der Waals surface area contributed by atoms with Gasteiger partial charge in [-0.05, 0) is 74.5 Å². The second-order valence-electron chi connectivity index (χ2n) is 16.4. The SMILES string of the molecule is C=C.CC(C)=O.[B]C(C)(C)CC(C)COc1nc(N(C)C(CCC(C)CC)C(C)C)c2cc(C(F)(F)F)c(-c3ccc(F)c4sc(C(C)CC)c(C#N)c34)c(F)c2n1. The van der Waals surface area contributed by atoms with Crippen molar-refractivity contribution in [3.05, 3.63) is 59.0 Å². The average molecular weight is 827 g/mol. The number of nitrogens with zero attached hydrogens (tertiary/aromatic N) is 4. The van der Waals surface area contributed by atoms with Crippen LogP contribution >= 0.6 is 11.3 Å². The lowest BCUT2D eigenvalue weighted by Gasteiger charge is -2.34. The highest BCUT2D eigenvalue weighted by molar-refractivity contribution is 7.19. The highest BCUT2D eigenvalue weighted by atomic mass is 32.1. The zero-order valence-electron chi connectivity index (χ0n) is 36.3. The number of hydrogen-bond acceptors (Lipinski definition) is 7. The molecular weight excluding hydrogens is 766 g/mol. The van der Waals surface area contributed by atoms with Crippen molar-refractivity contribution in [2.24, 2.45) is 17.8 Å². The summed E-state index contributed by atoms with van der Waals surface area (Å²) < 4.78 is 84.2. The van der Waals surface area contributed by atoms with E-state index < -0.39 is 34.3 Å². The molecule has 6 nitrogen and oxygen atoms in total. The molecule has 0 saturated heterocycles. The summed E-state index contributed by atoms with van der Waals surface area (Å²) in [6, 6.07) is 4.80. The summed E-state index contributed by atoms with van der Waals surface area (Å²) in [6.07, 6.45) is -1.21. The van der Waals surface area contributed by atoms with Crippen LogP contribution in [-0.2, 0) is 11.0 Å². The number of rotatable bonds is 15. The fourth-order valence-electron chi connectivity index (χ4n) is 7.02. The maximum atomic E-state index is 17.3. The van der Waals surface area contributed by atoms with Gasteiger partial charge in [0.15, 0.2) is 5.82 Å². The molecule has 4 unspecified atom stereocenters. The predicted molar refractivity (Wildman–Crippen MR) is 231 cm³/mol. The molecule has 13 heteroatoms. The van der Waals surface area contributed by atoms with Crippen LogP contribution in [0.1, 0.15) is 130 Å². The van der Waals surface area contributed by atoms with Gasteiger partial charge in [-0.15, -0.1) is 24.5 Å². The quantitative estimate of drug-likeness (QED) is 0.0675. The molecule has 4 aromatic rings. The van der Waals surface area contributed by atoms with E-state index in [0.717, 1.165) is 48.8 Å². The van der Waals surface area contributed by atoms with E-state index in [2.05, 4.69) is 43.0 Å². The Morgan fingerprint density at radius 1 is 1.02 bits per heavy atom. The molecule has 2 aromatic carbocycles. The Labute approximate surface area is 347 Å². The van der Waals surface area contributed by atoms with Gasteiger partial charge in [-0.1, -0.05) is 86.5 Å². The molecule has 2 radical (unpaired) electrons. The molecule has 58 heavy (non-hydrogen) atoms. The number of carbonyl (C=O) groups is 1. The van der Waals surface area contributed by atoms with Crippen LogP contribution in [0, 0.1) is 40.7 Å². The summed E-state index contributed by atoms with van der Waals surface area (Å²) in [6.45, 7) is 27.0. The van der Waals surface area contributed by atoms with Crippen LogP contribution in [-0.4, -0.2) is 43.3 Å². The zero-order chi connectivity index (χ0) is 44.4. The third kappa shape index (κ3) is 12.5. The van der Waals surface area contributed by atoms with E-state index in [9.17, 15) is 10.1 Å². The molecule has 2 heterocycles. The number of thiophene rings is 1. The number of ether oxygens (including phenoxy) is 1. The van der Waals surface area contributed by atoms with Crippen LogP contribution in [0.15, 0.2) is 31.4 Å². The van der Waals surface area contributed by atoms with E-state index in [1.165, 1.54) is 13.8 Å². The monoisotopic (exact) mass is 826 g/mol. The Kier molecular flexibility index (Phi) is 18.4. The van der Waals surface area contributed by atoms with Gasteiger partial charge >= 0.3 is 12.2 Å². The average Bonchev–Trinajstić information content (AvgIpc) is 3.54. The lowest BCUT2D eigenvalue weighted by atomic mass is 9.67. The minimum Gasteiger partial charge on any atom is -0.463 e. The lowest BCUT2D eigenvalue weighted by Crippen LogP contribution is -2.37. The standard InChI is InChI=1S/C40H50BF5N4OS.C3H6O.C2H4/c1-11-22(5)13-16-30(21(3)4)50(10)37-26-17-28(40(44,45)46)32(33(43)34(26)48-38(49-37)51-20-23(6)18-39(8,9)41)25-14-15-29(42)36-31(25)27(19-47)35(52-36)24(7)12-2;1-3(2)4;1-2/h14-15,17,21-24,30H,11-13,16,18,20H2,1-10H3;1-2H3;1-2H2. The first-order valence-corrected chi connectivity index (χ1v) is 20.7. The minimum absolute atomic E-state index is 0.00185. The molecule has 0 spiro atoms. The van der Waals surface area contributed by atoms with Crippen molar-refractivity contribution in [3.8, 4) is 23.2 Å². The van der Waals surface area contributed by atoms with Gasteiger partial charge in [-0.3, -0.25) is 0 Å². The second-order valence-corrected chi connectivity index (χ2v) is 17.5. The number of carbonyl (C=O) groups excluding carboxylic acids is 1. The molecule has 0 aliphatic rings. The van der Waals surface area contributed by atoms with E-state index in [0.29, 0.717) is 23.6 Å². The number of anilines is 1. The fourth-order valence-corrected chi connectivity index (χ4v) is 8.33. The number of halogens is 5. The normalized spacial score (nSPS) is 13.8. The number of hydrogen-bond donors (Lipinski definition) is 0. The molecule has 0 amide bonds. The highest BCUT2D eigenvalue weighted by Crippen LogP contribution is 2.49. The first kappa shape index (κ1) is 50.1. The molecule has 2 aromatic heterocycles. The van der Waals surface area contributed by atoms with Gasteiger partial charge in [0, 0.05) is 34.3 Å². The summed E-state index contributed by atoms with van der Waals surface area (Å²) in [5.74, 6) is -1.36. The van der Waals surface area contributed by atoms with Gasteiger partial charge in [0.2, 0.25) is 0 Å². The number of benzene rings is 2. The van der Waals surface area contributed by atoms with Crippen molar-refractivity contribution in [1.29, 1.82) is 5.26 Å². The Hall–Kier alpha value is -4.05. The van der Waals surface area contributed by atoms with E-state index in [4.69, 9.17) is 12.6 Å². The third-order valence-corrected chi connectivity index (χ3v) is 11.5. The number of nitriles is 1. The lowest BCUT2D eigenvalue weighted by molar-refractivity contribution is -0.137. The third-order valence-electron chi connectivity index (χ3n) is 10.1. The molecule has 0 saturated carbocycles. The number of alkyl halides is 3. The topological polar surface area (TPSA) is 79.1 Å². The van der Waals surface area contributed by atoms with Crippen LogP contribution in [0.2, 0.25) is 5.31 Å².